The van der Waals surface area contributed by atoms with Crippen molar-refractivity contribution in [1.29, 1.82) is 0 Å². The van der Waals surface area contributed by atoms with Gasteiger partial charge in [0.1, 0.15) is 11.6 Å². The SMILES string of the molecule is CC[C@@H](NC(=S)Nc1ccc(F)cc1F)c1ccc(C)cc1. The van der Waals surface area contributed by atoms with E-state index in [2.05, 4.69) is 10.6 Å². The van der Waals surface area contributed by atoms with Gasteiger partial charge in [-0.1, -0.05) is 36.8 Å². The third-order valence-corrected chi connectivity index (χ3v) is 3.59. The van der Waals surface area contributed by atoms with E-state index in [1.54, 1.807) is 0 Å². The number of hydrogen-bond acceptors (Lipinski definition) is 1. The third-order valence-electron chi connectivity index (χ3n) is 3.37. The van der Waals surface area contributed by atoms with Gasteiger partial charge in [-0.25, -0.2) is 8.78 Å². The maximum atomic E-state index is 13.6. The van der Waals surface area contributed by atoms with Crippen LogP contribution in [-0.4, -0.2) is 5.11 Å². The molecule has 0 fully saturated rings. The summed E-state index contributed by atoms with van der Waals surface area (Å²) in [5.74, 6) is -1.29. The number of thiocarbonyl (C=S) groups is 1. The summed E-state index contributed by atoms with van der Waals surface area (Å²) in [5.41, 5.74) is 2.45. The minimum atomic E-state index is -0.674. The quantitative estimate of drug-likeness (QED) is 0.798. The summed E-state index contributed by atoms with van der Waals surface area (Å²) in [5, 5.41) is 6.22. The van der Waals surface area contributed by atoms with Crippen LogP contribution in [0.5, 0.6) is 0 Å². The van der Waals surface area contributed by atoms with Crippen LogP contribution in [0.15, 0.2) is 42.5 Å². The van der Waals surface area contributed by atoms with Gasteiger partial charge in [-0.2, -0.15) is 0 Å². The van der Waals surface area contributed by atoms with Crippen molar-refractivity contribution in [2.75, 3.05) is 5.32 Å². The molecule has 2 aromatic rings. The number of hydrogen-bond donors (Lipinski definition) is 2. The van der Waals surface area contributed by atoms with Crippen LogP contribution in [-0.2, 0) is 0 Å². The van der Waals surface area contributed by atoms with E-state index in [0.717, 1.165) is 18.1 Å². The second-order valence-corrected chi connectivity index (χ2v) is 5.50. The number of anilines is 1. The summed E-state index contributed by atoms with van der Waals surface area (Å²) < 4.78 is 26.5. The molecule has 0 aromatic heterocycles. The zero-order valence-electron chi connectivity index (χ0n) is 12.5. The maximum Gasteiger partial charge on any atom is 0.171 e. The van der Waals surface area contributed by atoms with Crippen LogP contribution in [0.25, 0.3) is 0 Å². The summed E-state index contributed by atoms with van der Waals surface area (Å²) in [6.45, 7) is 4.07. The average Bonchev–Trinajstić information content (AvgIpc) is 2.49. The molecule has 2 rings (SSSR count). The first-order valence-electron chi connectivity index (χ1n) is 7.08. The smallest absolute Gasteiger partial charge is 0.171 e. The molecule has 22 heavy (non-hydrogen) atoms. The Balaban J connectivity index is 2.04. The summed E-state index contributed by atoms with van der Waals surface area (Å²) in [7, 11) is 0. The largest absolute Gasteiger partial charge is 0.356 e. The van der Waals surface area contributed by atoms with Crippen LogP contribution in [0.3, 0.4) is 0 Å². The van der Waals surface area contributed by atoms with Crippen LogP contribution < -0.4 is 10.6 Å². The number of nitrogens with one attached hydrogen (secondary N) is 2. The molecule has 2 aromatic carbocycles. The molecule has 0 aliphatic rings. The third kappa shape index (κ3) is 4.24. The number of halogens is 2. The Morgan fingerprint density at radius 3 is 2.41 bits per heavy atom. The number of benzene rings is 2. The first kappa shape index (κ1) is 16.4. The zero-order chi connectivity index (χ0) is 16.1. The van der Waals surface area contributed by atoms with Gasteiger partial charge in [0.2, 0.25) is 0 Å². The Bertz CT molecular complexity index is 656. The van der Waals surface area contributed by atoms with E-state index < -0.39 is 11.6 Å². The molecule has 0 radical (unpaired) electrons. The Hall–Kier alpha value is -2.01. The Morgan fingerprint density at radius 1 is 1.14 bits per heavy atom. The lowest BCUT2D eigenvalue weighted by atomic mass is 10.0. The van der Waals surface area contributed by atoms with Crippen LogP contribution in [0.1, 0.15) is 30.5 Å². The lowest BCUT2D eigenvalue weighted by Gasteiger charge is -2.20. The molecular weight excluding hydrogens is 302 g/mol. The van der Waals surface area contributed by atoms with Gasteiger partial charge in [0.15, 0.2) is 5.11 Å². The molecule has 2 N–H and O–H groups in total. The van der Waals surface area contributed by atoms with Gasteiger partial charge < -0.3 is 10.6 Å². The van der Waals surface area contributed by atoms with Gasteiger partial charge in [0, 0.05) is 6.07 Å². The Labute approximate surface area is 134 Å². The summed E-state index contributed by atoms with van der Waals surface area (Å²) in [6.07, 6.45) is 0.830. The average molecular weight is 320 g/mol. The van der Waals surface area contributed by atoms with Gasteiger partial charge in [-0.15, -0.1) is 0 Å². The molecular formula is C17H18F2N2S. The summed E-state index contributed by atoms with van der Waals surface area (Å²) in [6, 6.07) is 11.5. The van der Waals surface area contributed by atoms with Gasteiger partial charge in [0.05, 0.1) is 11.7 Å². The van der Waals surface area contributed by atoms with Gasteiger partial charge >= 0.3 is 0 Å². The molecule has 0 aliphatic carbocycles. The molecule has 5 heteroatoms. The molecule has 0 saturated carbocycles. The normalized spacial score (nSPS) is 11.8. The van der Waals surface area contributed by atoms with Crippen LogP contribution >= 0.6 is 12.2 Å². The molecule has 2 nitrogen and oxygen atoms in total. The summed E-state index contributed by atoms with van der Waals surface area (Å²) in [4.78, 5) is 0. The van der Waals surface area contributed by atoms with Gasteiger partial charge in [-0.3, -0.25) is 0 Å². The van der Waals surface area contributed by atoms with E-state index in [4.69, 9.17) is 12.2 Å². The highest BCUT2D eigenvalue weighted by Gasteiger charge is 2.12. The topological polar surface area (TPSA) is 24.1 Å². The van der Waals surface area contributed by atoms with Gasteiger partial charge in [-0.05, 0) is 43.3 Å². The highest BCUT2D eigenvalue weighted by Crippen LogP contribution is 2.19. The minimum absolute atomic E-state index is 0.0316. The Morgan fingerprint density at radius 2 is 1.82 bits per heavy atom. The second-order valence-electron chi connectivity index (χ2n) is 5.09. The molecule has 0 spiro atoms. The highest BCUT2D eigenvalue weighted by atomic mass is 32.1. The lowest BCUT2D eigenvalue weighted by Crippen LogP contribution is -2.32. The van der Waals surface area contributed by atoms with Crippen molar-refractivity contribution in [3.63, 3.8) is 0 Å². The fraction of sp³-hybridized carbons (Fsp3) is 0.235. The molecule has 0 unspecified atom stereocenters. The molecule has 0 aliphatic heterocycles. The monoisotopic (exact) mass is 320 g/mol. The van der Waals surface area contributed by atoms with Gasteiger partial charge in [0.25, 0.3) is 0 Å². The van der Waals surface area contributed by atoms with E-state index in [-0.39, 0.29) is 11.7 Å². The molecule has 0 bridgehead atoms. The van der Waals surface area contributed by atoms with E-state index in [1.165, 1.54) is 17.7 Å². The van der Waals surface area contributed by atoms with E-state index in [9.17, 15) is 8.78 Å². The first-order valence-corrected chi connectivity index (χ1v) is 7.49. The van der Waals surface area contributed by atoms with E-state index in [1.807, 2.05) is 38.1 Å². The number of aryl methyl sites for hydroxylation is 1. The van der Waals surface area contributed by atoms with Crippen molar-refractivity contribution >= 4 is 23.0 Å². The van der Waals surface area contributed by atoms with Crippen molar-refractivity contribution < 1.29 is 8.78 Å². The second kappa shape index (κ2) is 7.31. The first-order chi connectivity index (χ1) is 10.5. The van der Waals surface area contributed by atoms with Crippen LogP contribution in [0.4, 0.5) is 14.5 Å². The van der Waals surface area contributed by atoms with Crippen molar-refractivity contribution in [2.45, 2.75) is 26.3 Å². The summed E-state index contributed by atoms with van der Waals surface area (Å²) >= 11 is 5.21. The van der Waals surface area contributed by atoms with E-state index >= 15 is 0 Å². The van der Waals surface area contributed by atoms with Crippen molar-refractivity contribution in [1.82, 2.24) is 5.32 Å². The van der Waals surface area contributed by atoms with Crippen molar-refractivity contribution in [3.8, 4) is 0 Å². The van der Waals surface area contributed by atoms with Crippen molar-refractivity contribution in [2.24, 2.45) is 0 Å². The van der Waals surface area contributed by atoms with Crippen LogP contribution in [0, 0.1) is 18.6 Å². The maximum absolute atomic E-state index is 13.6. The highest BCUT2D eigenvalue weighted by molar-refractivity contribution is 7.80. The Kier molecular flexibility index (Phi) is 5.44. The van der Waals surface area contributed by atoms with Crippen molar-refractivity contribution in [3.05, 3.63) is 65.2 Å². The standard InChI is InChI=1S/C17H18F2N2S/c1-3-15(12-6-4-11(2)5-7-12)20-17(22)21-16-9-8-13(18)10-14(16)19/h4-10,15H,3H2,1-2H3,(H2,20,21,22)/t15-/m1/s1. The number of rotatable bonds is 4. The predicted octanol–water partition coefficient (Wildman–Crippen LogP) is 4.71. The molecule has 116 valence electrons. The fourth-order valence-electron chi connectivity index (χ4n) is 2.13. The predicted molar refractivity (Wildman–Crippen MR) is 89.9 cm³/mol. The zero-order valence-corrected chi connectivity index (χ0v) is 13.3. The van der Waals surface area contributed by atoms with Crippen LogP contribution in [0.2, 0.25) is 0 Å². The molecule has 0 heterocycles. The minimum Gasteiger partial charge on any atom is -0.356 e. The molecule has 0 amide bonds. The lowest BCUT2D eigenvalue weighted by molar-refractivity contribution is 0.585. The van der Waals surface area contributed by atoms with E-state index in [0.29, 0.717) is 5.11 Å². The fourth-order valence-corrected chi connectivity index (χ4v) is 2.38. The molecule has 1 atom stereocenters. The molecule has 0 saturated heterocycles.